The summed E-state index contributed by atoms with van der Waals surface area (Å²) in [6.45, 7) is 6.37. The molecular formula is C24H42O2. The lowest BCUT2D eigenvalue weighted by atomic mass is 9.90. The average molecular weight is 363 g/mol. The minimum absolute atomic E-state index is 0.241. The van der Waals surface area contributed by atoms with Crippen molar-refractivity contribution in [2.24, 2.45) is 11.8 Å². The van der Waals surface area contributed by atoms with Crippen molar-refractivity contribution >= 4 is 6.29 Å². The molecule has 0 heterocycles. The third-order valence-electron chi connectivity index (χ3n) is 5.72. The second-order valence-corrected chi connectivity index (χ2v) is 7.92. The maximum Gasteiger partial charge on any atom is 0.148 e. The van der Waals surface area contributed by atoms with Gasteiger partial charge in [-0.25, -0.2) is 0 Å². The monoisotopic (exact) mass is 362 g/mol. The molecule has 0 N–H and O–H groups in total. The van der Waals surface area contributed by atoms with Gasteiger partial charge in [-0.05, 0) is 50.4 Å². The van der Waals surface area contributed by atoms with E-state index in [4.69, 9.17) is 4.74 Å². The number of allylic oxidation sites excluding steroid dienone is 2. The van der Waals surface area contributed by atoms with Gasteiger partial charge in [-0.15, -0.1) is 6.58 Å². The van der Waals surface area contributed by atoms with Gasteiger partial charge >= 0.3 is 0 Å². The van der Waals surface area contributed by atoms with Gasteiger partial charge in [-0.3, -0.25) is 0 Å². The third kappa shape index (κ3) is 11.0. The Morgan fingerprint density at radius 3 is 2.65 bits per heavy atom. The van der Waals surface area contributed by atoms with E-state index in [2.05, 4.69) is 25.7 Å². The Balaban J connectivity index is 2.07. The Labute approximate surface area is 162 Å². The second kappa shape index (κ2) is 16.3. The van der Waals surface area contributed by atoms with E-state index >= 15 is 0 Å². The SMILES string of the molecule is C=CCOC(C=O)CCCCCC[C@H]1CCC[C@@H]1C=CCCCCCC. The minimum Gasteiger partial charge on any atom is -0.367 e. The molecule has 0 bridgehead atoms. The largest absolute Gasteiger partial charge is 0.367 e. The summed E-state index contributed by atoms with van der Waals surface area (Å²) in [4.78, 5) is 10.9. The van der Waals surface area contributed by atoms with Crippen molar-refractivity contribution in [1.29, 1.82) is 0 Å². The highest BCUT2D eigenvalue weighted by Crippen LogP contribution is 2.36. The summed E-state index contributed by atoms with van der Waals surface area (Å²) in [5, 5.41) is 0. The number of hydrogen-bond donors (Lipinski definition) is 0. The van der Waals surface area contributed by atoms with Crippen molar-refractivity contribution in [3.05, 3.63) is 24.8 Å². The fraction of sp³-hybridized carbons (Fsp3) is 0.792. The molecule has 1 aliphatic rings. The molecule has 3 atom stereocenters. The standard InChI is InChI=1S/C24H42O2/c1-3-5-6-7-8-11-15-22-17-14-18-23(22)16-12-9-10-13-19-24(21-25)26-20-4-2/h4,11,15,21-24H,2-3,5-10,12-14,16-20H2,1H3/t22-,23-,24?/m0/s1. The van der Waals surface area contributed by atoms with Crippen LogP contribution < -0.4 is 0 Å². The predicted octanol–water partition coefficient (Wildman–Crippen LogP) is 7.04. The van der Waals surface area contributed by atoms with Crippen LogP contribution in [0.3, 0.4) is 0 Å². The van der Waals surface area contributed by atoms with Gasteiger partial charge in [0.15, 0.2) is 0 Å². The molecule has 26 heavy (non-hydrogen) atoms. The van der Waals surface area contributed by atoms with Crippen LogP contribution in [-0.2, 0) is 9.53 Å². The molecule has 0 aliphatic heterocycles. The van der Waals surface area contributed by atoms with Gasteiger partial charge < -0.3 is 9.53 Å². The third-order valence-corrected chi connectivity index (χ3v) is 5.72. The maximum atomic E-state index is 10.9. The van der Waals surface area contributed by atoms with Crippen molar-refractivity contribution in [2.45, 2.75) is 103 Å². The molecule has 1 saturated carbocycles. The van der Waals surface area contributed by atoms with Crippen molar-refractivity contribution in [3.63, 3.8) is 0 Å². The van der Waals surface area contributed by atoms with E-state index in [1.54, 1.807) is 6.08 Å². The second-order valence-electron chi connectivity index (χ2n) is 7.92. The predicted molar refractivity (Wildman–Crippen MR) is 112 cm³/mol. The first-order chi connectivity index (χ1) is 12.8. The first-order valence-electron chi connectivity index (χ1n) is 11.2. The zero-order valence-corrected chi connectivity index (χ0v) is 17.2. The van der Waals surface area contributed by atoms with E-state index in [0.717, 1.165) is 31.0 Å². The Kier molecular flexibility index (Phi) is 14.5. The molecule has 150 valence electrons. The van der Waals surface area contributed by atoms with Crippen LogP contribution >= 0.6 is 0 Å². The van der Waals surface area contributed by atoms with Crippen LogP contribution in [0, 0.1) is 11.8 Å². The highest BCUT2D eigenvalue weighted by Gasteiger charge is 2.24. The molecule has 0 radical (unpaired) electrons. The van der Waals surface area contributed by atoms with Crippen LogP contribution in [0.4, 0.5) is 0 Å². The zero-order chi connectivity index (χ0) is 18.9. The summed E-state index contributed by atoms with van der Waals surface area (Å²) in [5.41, 5.74) is 0. The number of carbonyl (C=O) groups excluding carboxylic acids is 1. The van der Waals surface area contributed by atoms with Gasteiger partial charge in [0.05, 0.1) is 6.61 Å². The Morgan fingerprint density at radius 2 is 1.88 bits per heavy atom. The van der Waals surface area contributed by atoms with E-state index in [9.17, 15) is 4.79 Å². The highest BCUT2D eigenvalue weighted by molar-refractivity contribution is 5.55. The molecule has 2 heteroatoms. The molecule has 0 aromatic rings. The van der Waals surface area contributed by atoms with E-state index in [1.165, 1.54) is 77.0 Å². The smallest absolute Gasteiger partial charge is 0.148 e. The summed E-state index contributed by atoms with van der Waals surface area (Å²) in [6.07, 6.45) is 25.5. The highest BCUT2D eigenvalue weighted by atomic mass is 16.5. The summed E-state index contributed by atoms with van der Waals surface area (Å²) in [5.74, 6) is 1.76. The maximum absolute atomic E-state index is 10.9. The molecule has 1 rings (SSSR count). The van der Waals surface area contributed by atoms with Crippen LogP contribution in [0.2, 0.25) is 0 Å². The molecule has 0 saturated heterocycles. The van der Waals surface area contributed by atoms with Crippen molar-refractivity contribution in [2.75, 3.05) is 6.61 Å². The minimum atomic E-state index is -0.241. The topological polar surface area (TPSA) is 26.3 Å². The van der Waals surface area contributed by atoms with Crippen molar-refractivity contribution in [3.8, 4) is 0 Å². The van der Waals surface area contributed by atoms with Crippen molar-refractivity contribution < 1.29 is 9.53 Å². The molecule has 0 aromatic carbocycles. The lowest BCUT2D eigenvalue weighted by Gasteiger charge is -2.16. The fourth-order valence-electron chi connectivity index (χ4n) is 4.13. The summed E-state index contributed by atoms with van der Waals surface area (Å²) >= 11 is 0. The lowest BCUT2D eigenvalue weighted by Crippen LogP contribution is -2.14. The number of unbranched alkanes of at least 4 members (excludes halogenated alkanes) is 7. The summed E-state index contributed by atoms with van der Waals surface area (Å²) in [7, 11) is 0. The van der Waals surface area contributed by atoms with Gasteiger partial charge in [-0.1, -0.05) is 76.5 Å². The normalized spacial score (nSPS) is 21.3. The molecule has 2 nitrogen and oxygen atoms in total. The van der Waals surface area contributed by atoms with Gasteiger partial charge in [0.25, 0.3) is 0 Å². The summed E-state index contributed by atoms with van der Waals surface area (Å²) in [6, 6.07) is 0. The van der Waals surface area contributed by atoms with E-state index in [1.807, 2.05) is 0 Å². The number of aldehydes is 1. The van der Waals surface area contributed by atoms with E-state index in [-0.39, 0.29) is 6.10 Å². The van der Waals surface area contributed by atoms with Crippen molar-refractivity contribution in [1.82, 2.24) is 0 Å². The molecular weight excluding hydrogens is 320 g/mol. The first-order valence-corrected chi connectivity index (χ1v) is 11.2. The molecule has 1 unspecified atom stereocenters. The number of rotatable bonds is 17. The van der Waals surface area contributed by atoms with E-state index < -0.39 is 0 Å². The summed E-state index contributed by atoms with van der Waals surface area (Å²) < 4.78 is 5.42. The zero-order valence-electron chi connectivity index (χ0n) is 17.2. The number of ether oxygens (including phenoxy) is 1. The Morgan fingerprint density at radius 1 is 1.08 bits per heavy atom. The first kappa shape index (κ1) is 23.1. The van der Waals surface area contributed by atoms with E-state index in [0.29, 0.717) is 6.61 Å². The van der Waals surface area contributed by atoms with Crippen LogP contribution in [0.5, 0.6) is 0 Å². The molecule has 0 spiro atoms. The average Bonchev–Trinajstić information content (AvgIpc) is 3.10. The molecule has 1 fully saturated rings. The molecule has 0 aromatic heterocycles. The van der Waals surface area contributed by atoms with Gasteiger partial charge in [0.1, 0.15) is 12.4 Å². The van der Waals surface area contributed by atoms with Gasteiger partial charge in [0, 0.05) is 0 Å². The van der Waals surface area contributed by atoms with Crippen LogP contribution in [0.1, 0.15) is 96.8 Å². The Hall–Kier alpha value is -0.890. The quantitative estimate of drug-likeness (QED) is 0.157. The van der Waals surface area contributed by atoms with Crippen LogP contribution in [0.15, 0.2) is 24.8 Å². The Bertz CT molecular complexity index is 374. The van der Waals surface area contributed by atoms with Gasteiger partial charge in [-0.2, -0.15) is 0 Å². The molecule has 1 aliphatic carbocycles. The number of carbonyl (C=O) groups is 1. The lowest BCUT2D eigenvalue weighted by molar-refractivity contribution is -0.117. The van der Waals surface area contributed by atoms with Crippen LogP contribution in [0.25, 0.3) is 0 Å². The number of hydrogen-bond acceptors (Lipinski definition) is 2. The van der Waals surface area contributed by atoms with Gasteiger partial charge in [0.2, 0.25) is 0 Å². The molecule has 0 amide bonds. The fourth-order valence-corrected chi connectivity index (χ4v) is 4.13. The van der Waals surface area contributed by atoms with Crippen LogP contribution in [-0.4, -0.2) is 19.0 Å².